The van der Waals surface area contributed by atoms with Gasteiger partial charge in [0.1, 0.15) is 16.5 Å². The summed E-state index contributed by atoms with van der Waals surface area (Å²) < 4.78 is 5.41. The first kappa shape index (κ1) is 17.6. The minimum absolute atomic E-state index is 0.0265. The Morgan fingerprint density at radius 1 is 1.27 bits per heavy atom. The number of aryl methyl sites for hydroxylation is 2. The SMILES string of the molecule is Cc1sc2nc(CN3CCOCC3)nc(NCC(=O)NC3CC3)c2c1C. The molecule has 0 aromatic carbocycles. The summed E-state index contributed by atoms with van der Waals surface area (Å²) in [6.07, 6.45) is 2.19. The molecule has 1 amide bonds. The van der Waals surface area contributed by atoms with Crippen LogP contribution in [0.15, 0.2) is 0 Å². The summed E-state index contributed by atoms with van der Waals surface area (Å²) >= 11 is 1.69. The van der Waals surface area contributed by atoms with Crippen LogP contribution in [0.25, 0.3) is 10.2 Å². The van der Waals surface area contributed by atoms with Gasteiger partial charge in [0, 0.05) is 24.0 Å². The maximum absolute atomic E-state index is 12.1. The van der Waals surface area contributed by atoms with Gasteiger partial charge in [0.2, 0.25) is 5.91 Å². The fourth-order valence-corrected chi connectivity index (χ4v) is 4.17. The number of hydrogen-bond donors (Lipinski definition) is 2. The van der Waals surface area contributed by atoms with E-state index in [1.54, 1.807) is 11.3 Å². The quantitative estimate of drug-likeness (QED) is 0.802. The van der Waals surface area contributed by atoms with Gasteiger partial charge >= 0.3 is 0 Å². The van der Waals surface area contributed by atoms with E-state index >= 15 is 0 Å². The van der Waals surface area contributed by atoms with Gasteiger partial charge in [-0.15, -0.1) is 11.3 Å². The molecule has 0 radical (unpaired) electrons. The highest BCUT2D eigenvalue weighted by Gasteiger charge is 2.23. The fraction of sp³-hybridized carbons (Fsp3) is 0.611. The number of morpholine rings is 1. The molecule has 0 bridgehead atoms. The molecular formula is C18H25N5O2S. The van der Waals surface area contributed by atoms with E-state index in [1.165, 1.54) is 10.4 Å². The molecule has 1 saturated carbocycles. The van der Waals surface area contributed by atoms with Crippen LogP contribution < -0.4 is 10.6 Å². The molecule has 1 saturated heterocycles. The van der Waals surface area contributed by atoms with E-state index in [0.717, 1.165) is 61.0 Å². The highest BCUT2D eigenvalue weighted by molar-refractivity contribution is 7.18. The van der Waals surface area contributed by atoms with Crippen LogP contribution in [-0.2, 0) is 16.1 Å². The standard InChI is InChI=1S/C18H25N5O2S/c1-11-12(2)26-18-16(11)17(19-9-15(24)20-13-3-4-13)21-14(22-18)10-23-5-7-25-8-6-23/h13H,3-10H2,1-2H3,(H,20,24)(H,19,21,22). The van der Waals surface area contributed by atoms with Crippen molar-refractivity contribution in [3.8, 4) is 0 Å². The highest BCUT2D eigenvalue weighted by atomic mass is 32.1. The average molecular weight is 375 g/mol. The minimum atomic E-state index is 0.0265. The Kier molecular flexibility index (Phi) is 5.06. The second-order valence-electron chi connectivity index (χ2n) is 7.04. The Morgan fingerprint density at radius 2 is 2.04 bits per heavy atom. The van der Waals surface area contributed by atoms with Crippen LogP contribution in [0.2, 0.25) is 0 Å². The molecule has 3 heterocycles. The monoisotopic (exact) mass is 375 g/mol. The van der Waals surface area contributed by atoms with Crippen molar-refractivity contribution in [3.63, 3.8) is 0 Å². The van der Waals surface area contributed by atoms with Gasteiger partial charge in [0.05, 0.1) is 31.7 Å². The number of amides is 1. The molecule has 1 aliphatic carbocycles. The topological polar surface area (TPSA) is 79.4 Å². The zero-order valence-electron chi connectivity index (χ0n) is 15.3. The molecule has 0 unspecified atom stereocenters. The lowest BCUT2D eigenvalue weighted by Gasteiger charge is -2.25. The van der Waals surface area contributed by atoms with Gasteiger partial charge in [-0.1, -0.05) is 0 Å². The number of nitrogens with one attached hydrogen (secondary N) is 2. The first-order valence-corrected chi connectivity index (χ1v) is 10.0. The van der Waals surface area contributed by atoms with Gasteiger partial charge in [0.25, 0.3) is 0 Å². The zero-order chi connectivity index (χ0) is 18.1. The Balaban J connectivity index is 1.56. The summed E-state index contributed by atoms with van der Waals surface area (Å²) in [6, 6.07) is 0.372. The molecule has 4 rings (SSSR count). The van der Waals surface area contributed by atoms with E-state index in [2.05, 4.69) is 29.4 Å². The number of nitrogens with zero attached hydrogens (tertiary/aromatic N) is 3. The molecule has 140 valence electrons. The van der Waals surface area contributed by atoms with Crippen molar-refractivity contribution in [2.45, 2.75) is 39.3 Å². The van der Waals surface area contributed by atoms with Gasteiger partial charge in [0.15, 0.2) is 0 Å². The van der Waals surface area contributed by atoms with E-state index in [9.17, 15) is 4.79 Å². The van der Waals surface area contributed by atoms with E-state index in [0.29, 0.717) is 12.6 Å². The molecule has 2 fully saturated rings. The van der Waals surface area contributed by atoms with E-state index < -0.39 is 0 Å². The molecule has 2 aliphatic rings. The van der Waals surface area contributed by atoms with Gasteiger partial charge in [-0.2, -0.15) is 0 Å². The lowest BCUT2D eigenvalue weighted by atomic mass is 10.2. The number of rotatable bonds is 6. The summed E-state index contributed by atoms with van der Waals surface area (Å²) in [5, 5.41) is 7.30. The van der Waals surface area contributed by atoms with E-state index in [-0.39, 0.29) is 12.5 Å². The van der Waals surface area contributed by atoms with Crippen molar-refractivity contribution in [2.24, 2.45) is 0 Å². The lowest BCUT2D eigenvalue weighted by Crippen LogP contribution is -2.36. The normalized spacial score (nSPS) is 18.2. The lowest BCUT2D eigenvalue weighted by molar-refractivity contribution is -0.119. The Labute approximate surface area is 157 Å². The molecule has 8 heteroatoms. The molecular weight excluding hydrogens is 350 g/mol. The van der Waals surface area contributed by atoms with Gasteiger partial charge in [-0.25, -0.2) is 9.97 Å². The number of carbonyl (C=O) groups is 1. The number of hydrogen-bond acceptors (Lipinski definition) is 7. The molecule has 26 heavy (non-hydrogen) atoms. The Hall–Kier alpha value is -1.77. The summed E-state index contributed by atoms with van der Waals surface area (Å²) in [5.41, 5.74) is 1.19. The zero-order valence-corrected chi connectivity index (χ0v) is 16.1. The van der Waals surface area contributed by atoms with Gasteiger partial charge < -0.3 is 15.4 Å². The number of carbonyl (C=O) groups excluding carboxylic acids is 1. The second-order valence-corrected chi connectivity index (χ2v) is 8.24. The summed E-state index contributed by atoms with van der Waals surface area (Å²) in [4.78, 5) is 26.1. The van der Waals surface area contributed by atoms with Gasteiger partial charge in [-0.3, -0.25) is 9.69 Å². The maximum atomic E-state index is 12.1. The van der Waals surface area contributed by atoms with Crippen molar-refractivity contribution in [1.29, 1.82) is 0 Å². The summed E-state index contributed by atoms with van der Waals surface area (Å²) in [7, 11) is 0. The molecule has 0 atom stereocenters. The van der Waals surface area contributed by atoms with E-state index in [4.69, 9.17) is 14.7 Å². The van der Waals surface area contributed by atoms with Crippen LogP contribution in [0, 0.1) is 13.8 Å². The van der Waals surface area contributed by atoms with Crippen molar-refractivity contribution in [1.82, 2.24) is 20.2 Å². The van der Waals surface area contributed by atoms with Crippen LogP contribution in [0.3, 0.4) is 0 Å². The number of anilines is 1. The van der Waals surface area contributed by atoms with Crippen molar-refractivity contribution < 1.29 is 9.53 Å². The predicted molar refractivity (Wildman–Crippen MR) is 103 cm³/mol. The van der Waals surface area contributed by atoms with Crippen molar-refractivity contribution >= 4 is 33.3 Å². The summed E-state index contributed by atoms with van der Waals surface area (Å²) in [6.45, 7) is 8.46. The van der Waals surface area contributed by atoms with Crippen LogP contribution in [0.1, 0.15) is 29.1 Å². The molecule has 0 spiro atoms. The third kappa shape index (κ3) is 3.97. The number of thiophene rings is 1. The van der Waals surface area contributed by atoms with Crippen molar-refractivity contribution in [3.05, 3.63) is 16.3 Å². The molecule has 7 nitrogen and oxygen atoms in total. The first-order chi connectivity index (χ1) is 12.6. The first-order valence-electron chi connectivity index (χ1n) is 9.20. The molecule has 2 aromatic rings. The van der Waals surface area contributed by atoms with Gasteiger partial charge in [-0.05, 0) is 32.3 Å². The van der Waals surface area contributed by atoms with Crippen LogP contribution in [0.5, 0.6) is 0 Å². The van der Waals surface area contributed by atoms with Crippen LogP contribution >= 0.6 is 11.3 Å². The number of fused-ring (bicyclic) bond motifs is 1. The average Bonchev–Trinajstić information content (AvgIpc) is 3.39. The van der Waals surface area contributed by atoms with Crippen LogP contribution in [-0.4, -0.2) is 59.7 Å². The summed E-state index contributed by atoms with van der Waals surface area (Å²) in [5.74, 6) is 1.59. The largest absolute Gasteiger partial charge is 0.379 e. The second kappa shape index (κ2) is 7.46. The maximum Gasteiger partial charge on any atom is 0.239 e. The number of aromatic nitrogens is 2. The molecule has 2 N–H and O–H groups in total. The third-order valence-corrected chi connectivity index (χ3v) is 6.00. The Bertz CT molecular complexity index is 812. The number of ether oxygens (including phenoxy) is 1. The smallest absolute Gasteiger partial charge is 0.239 e. The minimum Gasteiger partial charge on any atom is -0.379 e. The third-order valence-electron chi connectivity index (χ3n) is 4.90. The van der Waals surface area contributed by atoms with Crippen molar-refractivity contribution in [2.75, 3.05) is 38.2 Å². The van der Waals surface area contributed by atoms with E-state index in [1.807, 2.05) is 0 Å². The highest BCUT2D eigenvalue weighted by Crippen LogP contribution is 2.33. The predicted octanol–water partition coefficient (Wildman–Crippen LogP) is 1.83. The van der Waals surface area contributed by atoms with Crippen LogP contribution in [0.4, 0.5) is 5.82 Å². The molecule has 2 aromatic heterocycles. The molecule has 1 aliphatic heterocycles. The fourth-order valence-electron chi connectivity index (χ4n) is 3.12. The Morgan fingerprint density at radius 3 is 2.77 bits per heavy atom.